The molecule has 27 heavy (non-hydrogen) atoms. The fourth-order valence-corrected chi connectivity index (χ4v) is 2.76. The number of carbonyl (C=O) groups excluding carboxylic acids is 1. The first-order valence-electron chi connectivity index (χ1n) is 8.32. The summed E-state index contributed by atoms with van der Waals surface area (Å²) in [5.41, 5.74) is 2.36. The molecule has 0 spiro atoms. The molecule has 1 heterocycles. The molecule has 0 unspecified atom stereocenters. The predicted molar refractivity (Wildman–Crippen MR) is 100 cm³/mol. The van der Waals surface area contributed by atoms with Gasteiger partial charge < -0.3 is 14.2 Å². The molecule has 1 aromatic heterocycles. The van der Waals surface area contributed by atoms with E-state index in [4.69, 9.17) is 14.2 Å². The van der Waals surface area contributed by atoms with E-state index < -0.39 is 11.8 Å². The van der Waals surface area contributed by atoms with Crippen LogP contribution in [0.15, 0.2) is 30.3 Å². The lowest BCUT2D eigenvalue weighted by Gasteiger charge is -2.09. The Morgan fingerprint density at radius 2 is 2.00 bits per heavy atom. The Bertz CT molecular complexity index is 1010. The highest BCUT2D eigenvalue weighted by molar-refractivity contribution is 6.03. The van der Waals surface area contributed by atoms with Gasteiger partial charge in [-0.05, 0) is 42.8 Å². The highest BCUT2D eigenvalue weighted by Crippen LogP contribution is 2.33. The zero-order valence-electron chi connectivity index (χ0n) is 15.2. The molecule has 3 aromatic rings. The van der Waals surface area contributed by atoms with Gasteiger partial charge in [-0.25, -0.2) is 9.18 Å². The van der Waals surface area contributed by atoms with Crippen LogP contribution in [0.1, 0.15) is 28.5 Å². The highest BCUT2D eigenvalue weighted by atomic mass is 19.1. The summed E-state index contributed by atoms with van der Waals surface area (Å²) in [4.78, 5) is 12.2. The van der Waals surface area contributed by atoms with E-state index in [9.17, 15) is 9.18 Å². The molecule has 0 aliphatic rings. The third-order valence-electron chi connectivity index (χ3n) is 4.02. The van der Waals surface area contributed by atoms with Gasteiger partial charge in [-0.15, -0.1) is 0 Å². The molecule has 0 radical (unpaired) electrons. The number of hydrogen-bond donors (Lipinski definition) is 1. The number of rotatable bonds is 6. The number of aromatic amines is 1. The monoisotopic (exact) mass is 370 g/mol. The van der Waals surface area contributed by atoms with Gasteiger partial charge in [0, 0.05) is 0 Å². The lowest BCUT2D eigenvalue weighted by atomic mass is 10.1. The van der Waals surface area contributed by atoms with Gasteiger partial charge in [0.15, 0.2) is 11.6 Å². The van der Waals surface area contributed by atoms with Crippen LogP contribution in [0.25, 0.3) is 23.1 Å². The molecule has 3 rings (SSSR count). The van der Waals surface area contributed by atoms with E-state index in [1.807, 2.05) is 0 Å². The maximum atomic E-state index is 13.5. The van der Waals surface area contributed by atoms with Gasteiger partial charge in [0.2, 0.25) is 0 Å². The predicted octanol–water partition coefficient (Wildman–Crippen LogP) is 4.07. The Morgan fingerprint density at radius 1 is 1.19 bits per heavy atom. The van der Waals surface area contributed by atoms with Crippen LogP contribution in [-0.2, 0) is 4.74 Å². The van der Waals surface area contributed by atoms with Crippen LogP contribution in [0.4, 0.5) is 4.39 Å². The smallest absolute Gasteiger partial charge is 0.341 e. The van der Waals surface area contributed by atoms with E-state index in [1.54, 1.807) is 43.3 Å². The molecule has 0 atom stereocenters. The second-order valence-corrected chi connectivity index (χ2v) is 5.63. The molecular weight excluding hydrogens is 351 g/mol. The number of fused-ring (bicyclic) bond motifs is 1. The maximum absolute atomic E-state index is 13.5. The molecule has 0 amide bonds. The summed E-state index contributed by atoms with van der Waals surface area (Å²) in [7, 11) is 2.90. The van der Waals surface area contributed by atoms with Crippen molar-refractivity contribution in [2.24, 2.45) is 0 Å². The largest absolute Gasteiger partial charge is 0.495 e. The van der Waals surface area contributed by atoms with Gasteiger partial charge in [0.25, 0.3) is 0 Å². The van der Waals surface area contributed by atoms with E-state index in [-0.39, 0.29) is 12.4 Å². The van der Waals surface area contributed by atoms with Crippen molar-refractivity contribution < 1.29 is 23.4 Å². The number of H-pyrrole nitrogens is 1. The molecule has 0 bridgehead atoms. The quantitative estimate of drug-likeness (QED) is 0.662. The minimum absolute atomic E-state index is 0.159. The van der Waals surface area contributed by atoms with Crippen LogP contribution in [0.3, 0.4) is 0 Å². The Kier molecular flexibility index (Phi) is 5.40. The van der Waals surface area contributed by atoms with Crippen LogP contribution in [0.2, 0.25) is 0 Å². The van der Waals surface area contributed by atoms with Gasteiger partial charge in [0.05, 0.1) is 37.4 Å². The van der Waals surface area contributed by atoms with Crippen molar-refractivity contribution in [1.82, 2.24) is 10.2 Å². The molecule has 0 aliphatic carbocycles. The molecule has 0 aliphatic heterocycles. The van der Waals surface area contributed by atoms with Gasteiger partial charge in [-0.2, -0.15) is 5.10 Å². The van der Waals surface area contributed by atoms with E-state index in [2.05, 4.69) is 10.2 Å². The van der Waals surface area contributed by atoms with Crippen LogP contribution in [0, 0.1) is 5.82 Å². The number of esters is 1. The van der Waals surface area contributed by atoms with E-state index in [0.717, 1.165) is 11.1 Å². The Hall–Kier alpha value is -3.35. The number of aromatic nitrogens is 2. The zero-order valence-corrected chi connectivity index (χ0v) is 15.2. The van der Waals surface area contributed by atoms with E-state index in [1.165, 1.54) is 20.3 Å². The summed E-state index contributed by atoms with van der Waals surface area (Å²) in [5.74, 6) is -0.349. The summed E-state index contributed by atoms with van der Waals surface area (Å²) < 4.78 is 29.1. The van der Waals surface area contributed by atoms with Crippen molar-refractivity contribution in [2.75, 3.05) is 20.8 Å². The summed E-state index contributed by atoms with van der Waals surface area (Å²) in [6.07, 6.45) is 3.52. The number of methoxy groups -OCH3 is 2. The summed E-state index contributed by atoms with van der Waals surface area (Å²) >= 11 is 0. The summed E-state index contributed by atoms with van der Waals surface area (Å²) in [6.45, 7) is 2.01. The second-order valence-electron chi connectivity index (χ2n) is 5.63. The normalized spacial score (nSPS) is 11.1. The van der Waals surface area contributed by atoms with Crippen LogP contribution in [0.5, 0.6) is 11.5 Å². The number of halogens is 1. The zero-order chi connectivity index (χ0) is 19.4. The first-order chi connectivity index (χ1) is 13.1. The number of hydrogen-bond acceptors (Lipinski definition) is 5. The molecule has 0 fully saturated rings. The molecular formula is C20H19FN2O4. The lowest BCUT2D eigenvalue weighted by Crippen LogP contribution is -2.07. The fourth-order valence-electron chi connectivity index (χ4n) is 2.76. The van der Waals surface area contributed by atoms with Crippen molar-refractivity contribution in [3.8, 4) is 11.5 Å². The third kappa shape index (κ3) is 3.62. The lowest BCUT2D eigenvalue weighted by molar-refractivity contribution is 0.0523. The van der Waals surface area contributed by atoms with E-state index >= 15 is 0 Å². The Morgan fingerprint density at radius 3 is 2.70 bits per heavy atom. The Balaban J connectivity index is 2.04. The molecule has 6 nitrogen and oxygen atoms in total. The maximum Gasteiger partial charge on any atom is 0.341 e. The second kappa shape index (κ2) is 7.90. The minimum Gasteiger partial charge on any atom is -0.495 e. The molecule has 1 N–H and O–H groups in total. The number of carbonyl (C=O) groups is 1. The number of benzene rings is 2. The topological polar surface area (TPSA) is 73.4 Å². The first-order valence-corrected chi connectivity index (χ1v) is 8.32. The van der Waals surface area contributed by atoms with Crippen molar-refractivity contribution in [3.63, 3.8) is 0 Å². The van der Waals surface area contributed by atoms with Gasteiger partial charge in [-0.1, -0.05) is 12.1 Å². The molecule has 2 aromatic carbocycles. The van der Waals surface area contributed by atoms with Crippen LogP contribution in [-0.4, -0.2) is 37.0 Å². The Labute approximate surface area is 155 Å². The first kappa shape index (κ1) is 18.4. The molecule has 0 saturated carbocycles. The van der Waals surface area contributed by atoms with Gasteiger partial charge >= 0.3 is 5.97 Å². The number of ether oxygens (including phenoxy) is 3. The van der Waals surface area contributed by atoms with Gasteiger partial charge in [-0.3, -0.25) is 5.10 Å². The number of nitrogens with one attached hydrogen (secondary N) is 1. The highest BCUT2D eigenvalue weighted by Gasteiger charge is 2.19. The average Bonchev–Trinajstić information content (AvgIpc) is 3.10. The molecule has 0 saturated heterocycles. The standard InChI is InChI=1S/C20H19FN2O4/c1-4-27-20(24)13-7-10-16-18(19(13)26-3)15(22-23-16)9-6-12-5-8-14(21)17(11-12)25-2/h5-11H,4H2,1-3H3,(H,22,23). The van der Waals surface area contributed by atoms with Crippen molar-refractivity contribution >= 4 is 29.0 Å². The van der Waals surface area contributed by atoms with Crippen molar-refractivity contribution in [2.45, 2.75) is 6.92 Å². The average molecular weight is 370 g/mol. The summed E-state index contributed by atoms with van der Waals surface area (Å²) in [6, 6.07) is 7.93. The molecule has 7 heteroatoms. The van der Waals surface area contributed by atoms with E-state index in [0.29, 0.717) is 22.4 Å². The minimum atomic E-state index is -0.462. The SMILES string of the molecule is CCOC(=O)c1ccc2[nH]nc(C=Cc3ccc(F)c(OC)c3)c2c1OC. The number of nitrogens with zero attached hydrogens (tertiary/aromatic N) is 1. The van der Waals surface area contributed by atoms with Crippen LogP contribution < -0.4 is 9.47 Å². The molecule has 140 valence electrons. The van der Waals surface area contributed by atoms with Crippen LogP contribution >= 0.6 is 0 Å². The third-order valence-corrected chi connectivity index (χ3v) is 4.02. The fraction of sp³-hybridized carbons (Fsp3) is 0.200. The van der Waals surface area contributed by atoms with Gasteiger partial charge in [0.1, 0.15) is 11.3 Å². The van der Waals surface area contributed by atoms with Crippen molar-refractivity contribution in [1.29, 1.82) is 0 Å². The van der Waals surface area contributed by atoms with Crippen molar-refractivity contribution in [3.05, 3.63) is 53.0 Å². The summed E-state index contributed by atoms with van der Waals surface area (Å²) in [5, 5.41) is 7.85.